The number of pyridine rings is 1. The SMILES string of the molecule is CC[C@H](C(=O)NCCCNc1ccc(C(F)(F)F)cn1)c1ccccc1. The van der Waals surface area contributed by atoms with Gasteiger partial charge in [0.1, 0.15) is 5.82 Å². The molecule has 26 heavy (non-hydrogen) atoms. The number of alkyl halides is 3. The fourth-order valence-electron chi connectivity index (χ4n) is 2.56. The molecule has 1 aromatic carbocycles. The molecule has 1 heterocycles. The summed E-state index contributed by atoms with van der Waals surface area (Å²) < 4.78 is 37.4. The number of hydrogen-bond donors (Lipinski definition) is 2. The third-order valence-corrected chi connectivity index (χ3v) is 3.98. The van der Waals surface area contributed by atoms with Crippen LogP contribution in [0, 0.1) is 0 Å². The molecule has 7 heteroatoms. The highest BCUT2D eigenvalue weighted by molar-refractivity contribution is 5.83. The lowest BCUT2D eigenvalue weighted by atomic mass is 9.96. The van der Waals surface area contributed by atoms with Gasteiger partial charge in [-0.3, -0.25) is 4.79 Å². The summed E-state index contributed by atoms with van der Waals surface area (Å²) in [6.07, 6.45) is -2.23. The van der Waals surface area contributed by atoms with Crippen molar-refractivity contribution >= 4 is 11.7 Å². The largest absolute Gasteiger partial charge is 0.417 e. The Morgan fingerprint density at radius 2 is 1.85 bits per heavy atom. The van der Waals surface area contributed by atoms with Crippen LogP contribution in [-0.4, -0.2) is 24.0 Å². The molecule has 0 bridgehead atoms. The first-order chi connectivity index (χ1) is 12.4. The molecule has 0 saturated carbocycles. The molecule has 1 aromatic heterocycles. The highest BCUT2D eigenvalue weighted by Gasteiger charge is 2.30. The molecule has 0 aliphatic rings. The smallest absolute Gasteiger partial charge is 0.370 e. The lowest BCUT2D eigenvalue weighted by Crippen LogP contribution is -2.30. The number of halogens is 3. The van der Waals surface area contributed by atoms with E-state index in [4.69, 9.17) is 0 Å². The van der Waals surface area contributed by atoms with Gasteiger partial charge in [0.15, 0.2) is 0 Å². The van der Waals surface area contributed by atoms with Crippen molar-refractivity contribution in [3.8, 4) is 0 Å². The van der Waals surface area contributed by atoms with Crippen LogP contribution < -0.4 is 10.6 Å². The van der Waals surface area contributed by atoms with E-state index < -0.39 is 11.7 Å². The molecule has 2 N–H and O–H groups in total. The molecule has 1 amide bonds. The topological polar surface area (TPSA) is 54.0 Å². The minimum atomic E-state index is -4.38. The normalized spacial score (nSPS) is 12.5. The summed E-state index contributed by atoms with van der Waals surface area (Å²) in [5.74, 6) is 0.173. The van der Waals surface area contributed by atoms with Crippen LogP contribution in [0.25, 0.3) is 0 Å². The lowest BCUT2D eigenvalue weighted by molar-refractivity contribution is -0.137. The Labute approximate surface area is 150 Å². The zero-order chi connectivity index (χ0) is 19.0. The molecule has 0 saturated heterocycles. The lowest BCUT2D eigenvalue weighted by Gasteiger charge is -2.15. The average molecular weight is 365 g/mol. The number of carbonyl (C=O) groups excluding carboxylic acids is 1. The maximum Gasteiger partial charge on any atom is 0.417 e. The predicted octanol–water partition coefficient (Wildman–Crippen LogP) is 4.21. The van der Waals surface area contributed by atoms with Crippen LogP contribution >= 0.6 is 0 Å². The van der Waals surface area contributed by atoms with E-state index in [0.29, 0.717) is 31.7 Å². The Bertz CT molecular complexity index is 687. The molecule has 4 nitrogen and oxygen atoms in total. The van der Waals surface area contributed by atoms with Crippen molar-refractivity contribution in [1.29, 1.82) is 0 Å². The summed E-state index contributed by atoms with van der Waals surface area (Å²) in [7, 11) is 0. The average Bonchev–Trinajstić information content (AvgIpc) is 2.62. The van der Waals surface area contributed by atoms with Crippen molar-refractivity contribution in [2.45, 2.75) is 31.9 Å². The monoisotopic (exact) mass is 365 g/mol. The first-order valence-electron chi connectivity index (χ1n) is 8.51. The number of carbonyl (C=O) groups is 1. The van der Waals surface area contributed by atoms with E-state index in [9.17, 15) is 18.0 Å². The van der Waals surface area contributed by atoms with Gasteiger partial charge in [-0.1, -0.05) is 37.3 Å². The summed E-state index contributed by atoms with van der Waals surface area (Å²) in [6.45, 7) is 2.95. The van der Waals surface area contributed by atoms with E-state index in [2.05, 4.69) is 15.6 Å². The Hall–Kier alpha value is -2.57. The Morgan fingerprint density at radius 1 is 1.12 bits per heavy atom. The van der Waals surface area contributed by atoms with E-state index in [1.807, 2.05) is 37.3 Å². The molecule has 0 unspecified atom stereocenters. The van der Waals surface area contributed by atoms with Crippen LogP contribution in [0.4, 0.5) is 19.0 Å². The van der Waals surface area contributed by atoms with Gasteiger partial charge in [0, 0.05) is 19.3 Å². The van der Waals surface area contributed by atoms with Gasteiger partial charge < -0.3 is 10.6 Å². The number of nitrogens with one attached hydrogen (secondary N) is 2. The summed E-state index contributed by atoms with van der Waals surface area (Å²) in [5.41, 5.74) is 0.210. The van der Waals surface area contributed by atoms with Gasteiger partial charge in [0.25, 0.3) is 0 Å². The van der Waals surface area contributed by atoms with E-state index in [1.54, 1.807) is 0 Å². The number of benzene rings is 1. The number of hydrogen-bond acceptors (Lipinski definition) is 3. The first-order valence-corrected chi connectivity index (χ1v) is 8.51. The van der Waals surface area contributed by atoms with Gasteiger partial charge in [0.05, 0.1) is 11.5 Å². The van der Waals surface area contributed by atoms with Crippen LogP contribution in [0.3, 0.4) is 0 Å². The van der Waals surface area contributed by atoms with Gasteiger partial charge in [-0.2, -0.15) is 13.2 Å². The van der Waals surface area contributed by atoms with E-state index in [1.165, 1.54) is 6.07 Å². The van der Waals surface area contributed by atoms with Gasteiger partial charge in [-0.05, 0) is 30.5 Å². The molecular formula is C19H22F3N3O. The molecule has 0 fully saturated rings. The van der Waals surface area contributed by atoms with Crippen LogP contribution in [0.2, 0.25) is 0 Å². The maximum absolute atomic E-state index is 12.5. The van der Waals surface area contributed by atoms with Crippen molar-refractivity contribution in [2.24, 2.45) is 0 Å². The summed E-state index contributed by atoms with van der Waals surface area (Å²) in [4.78, 5) is 16.0. The van der Waals surface area contributed by atoms with Crippen LogP contribution in [0.15, 0.2) is 48.7 Å². The molecule has 2 rings (SSSR count). The minimum absolute atomic E-state index is 0.0219. The highest BCUT2D eigenvalue weighted by atomic mass is 19.4. The number of amides is 1. The molecule has 2 aromatic rings. The molecule has 0 radical (unpaired) electrons. The van der Waals surface area contributed by atoms with Crippen molar-refractivity contribution in [3.63, 3.8) is 0 Å². The van der Waals surface area contributed by atoms with Gasteiger partial charge in [-0.15, -0.1) is 0 Å². The standard InChI is InChI=1S/C19H22F3N3O/c1-2-16(14-7-4-3-5-8-14)18(26)24-12-6-11-23-17-10-9-15(13-25-17)19(20,21)22/h3-5,7-10,13,16H,2,6,11-12H2,1H3,(H,23,25)(H,24,26)/t16-/m0/s1. The fourth-order valence-corrected chi connectivity index (χ4v) is 2.56. The highest BCUT2D eigenvalue weighted by Crippen LogP contribution is 2.28. The van der Waals surface area contributed by atoms with Crippen molar-refractivity contribution in [3.05, 3.63) is 59.8 Å². The second kappa shape index (κ2) is 9.22. The minimum Gasteiger partial charge on any atom is -0.370 e. The van der Waals surface area contributed by atoms with Crippen molar-refractivity contribution in [2.75, 3.05) is 18.4 Å². The summed E-state index contributed by atoms with van der Waals surface area (Å²) in [6, 6.07) is 11.9. The Kier molecular flexibility index (Phi) is 7.00. The van der Waals surface area contributed by atoms with Crippen LogP contribution in [-0.2, 0) is 11.0 Å². The number of aromatic nitrogens is 1. The second-order valence-electron chi connectivity index (χ2n) is 5.87. The van der Waals surface area contributed by atoms with Crippen molar-refractivity contribution < 1.29 is 18.0 Å². The molecule has 0 spiro atoms. The van der Waals surface area contributed by atoms with Crippen LogP contribution in [0.5, 0.6) is 0 Å². The summed E-state index contributed by atoms with van der Waals surface area (Å²) in [5, 5.41) is 5.84. The first kappa shape index (κ1) is 19.8. The third kappa shape index (κ3) is 5.75. The molecule has 0 aliphatic carbocycles. The van der Waals surface area contributed by atoms with Crippen molar-refractivity contribution in [1.82, 2.24) is 10.3 Å². The molecular weight excluding hydrogens is 343 g/mol. The Morgan fingerprint density at radius 3 is 2.42 bits per heavy atom. The number of nitrogens with zero attached hydrogens (tertiary/aromatic N) is 1. The summed E-state index contributed by atoms with van der Waals surface area (Å²) >= 11 is 0. The molecule has 1 atom stereocenters. The quantitative estimate of drug-likeness (QED) is 0.689. The maximum atomic E-state index is 12.5. The third-order valence-electron chi connectivity index (χ3n) is 3.98. The Balaban J connectivity index is 1.72. The number of anilines is 1. The van der Waals surface area contributed by atoms with E-state index >= 15 is 0 Å². The van der Waals surface area contributed by atoms with Gasteiger partial charge in [0.2, 0.25) is 5.91 Å². The number of rotatable bonds is 8. The predicted molar refractivity (Wildman–Crippen MR) is 94.8 cm³/mol. The van der Waals surface area contributed by atoms with E-state index in [0.717, 1.165) is 17.8 Å². The zero-order valence-corrected chi connectivity index (χ0v) is 14.5. The zero-order valence-electron chi connectivity index (χ0n) is 14.5. The fraction of sp³-hybridized carbons (Fsp3) is 0.368. The van der Waals surface area contributed by atoms with Gasteiger partial charge in [-0.25, -0.2) is 4.98 Å². The van der Waals surface area contributed by atoms with Gasteiger partial charge >= 0.3 is 6.18 Å². The second-order valence-corrected chi connectivity index (χ2v) is 5.87. The van der Waals surface area contributed by atoms with Crippen LogP contribution in [0.1, 0.15) is 36.8 Å². The molecule has 0 aliphatic heterocycles. The molecule has 140 valence electrons. The van der Waals surface area contributed by atoms with E-state index in [-0.39, 0.29) is 11.8 Å².